The largest absolute Gasteiger partial charge is 0.494 e. The van der Waals surface area contributed by atoms with Crippen LogP contribution in [0, 0.1) is 6.92 Å². The van der Waals surface area contributed by atoms with Gasteiger partial charge in [0.2, 0.25) is 0 Å². The maximum absolute atomic E-state index is 6.14. The van der Waals surface area contributed by atoms with Crippen LogP contribution >= 0.6 is 22.9 Å². The maximum atomic E-state index is 6.14. The fourth-order valence-corrected chi connectivity index (χ4v) is 3.48. The van der Waals surface area contributed by atoms with Crippen LogP contribution in [-0.4, -0.2) is 16.6 Å². The van der Waals surface area contributed by atoms with Gasteiger partial charge in [0.15, 0.2) is 0 Å². The molecule has 0 fully saturated rings. The Morgan fingerprint density at radius 2 is 1.95 bits per heavy atom. The third-order valence-corrected chi connectivity index (χ3v) is 4.56. The molecular weight excluding hydrogens is 292 g/mol. The molecule has 0 amide bonds. The van der Waals surface area contributed by atoms with E-state index in [4.69, 9.17) is 16.3 Å². The van der Waals surface area contributed by atoms with Crippen molar-refractivity contribution >= 4 is 33.2 Å². The molecule has 2 heterocycles. The molecule has 102 valence electrons. The Morgan fingerprint density at radius 3 is 2.65 bits per heavy atom. The fourth-order valence-electron chi connectivity index (χ4n) is 2.22. The third-order valence-electron chi connectivity index (χ3n) is 3.06. The summed E-state index contributed by atoms with van der Waals surface area (Å²) in [5.41, 5.74) is 3.15. The topological polar surface area (TPSA) is 35.0 Å². The smallest absolute Gasteiger partial charge is 0.150 e. The molecule has 0 atom stereocenters. The molecule has 0 bridgehead atoms. The summed E-state index contributed by atoms with van der Waals surface area (Å²) in [4.78, 5) is 9.61. The van der Waals surface area contributed by atoms with E-state index < -0.39 is 0 Å². The highest BCUT2D eigenvalue weighted by Crippen LogP contribution is 2.39. The highest BCUT2D eigenvalue weighted by atomic mass is 35.5. The van der Waals surface area contributed by atoms with Crippen LogP contribution in [-0.2, 0) is 0 Å². The van der Waals surface area contributed by atoms with Crippen molar-refractivity contribution in [2.24, 2.45) is 0 Å². The van der Waals surface area contributed by atoms with Crippen molar-refractivity contribution in [1.29, 1.82) is 0 Å². The van der Waals surface area contributed by atoms with Crippen LogP contribution in [0.2, 0.25) is 5.15 Å². The normalized spacial score (nSPS) is 10.9. The minimum atomic E-state index is 0.514. The number of thiophene rings is 1. The van der Waals surface area contributed by atoms with Crippen molar-refractivity contribution in [1.82, 2.24) is 9.97 Å². The SMILES string of the molecule is CCOc1ccc(-c2c(C)sc3c(Cl)ncnc23)cc1. The predicted molar refractivity (Wildman–Crippen MR) is 83.8 cm³/mol. The molecule has 0 aliphatic heterocycles. The van der Waals surface area contributed by atoms with Crippen molar-refractivity contribution in [2.45, 2.75) is 13.8 Å². The Kier molecular flexibility index (Phi) is 3.59. The zero-order chi connectivity index (χ0) is 14.1. The molecule has 2 aromatic heterocycles. The molecular formula is C15H13ClN2OS. The molecule has 0 N–H and O–H groups in total. The number of rotatable bonds is 3. The van der Waals surface area contributed by atoms with Crippen LogP contribution in [0.15, 0.2) is 30.6 Å². The molecule has 0 aliphatic carbocycles. The molecule has 3 rings (SSSR count). The van der Waals surface area contributed by atoms with Gasteiger partial charge >= 0.3 is 0 Å². The van der Waals surface area contributed by atoms with Crippen molar-refractivity contribution in [3.05, 3.63) is 40.6 Å². The predicted octanol–water partition coefficient (Wildman–Crippen LogP) is 4.72. The highest BCUT2D eigenvalue weighted by molar-refractivity contribution is 7.20. The number of nitrogens with zero attached hydrogens (tertiary/aromatic N) is 2. The first-order chi connectivity index (χ1) is 9.70. The number of hydrogen-bond donors (Lipinski definition) is 0. The van der Waals surface area contributed by atoms with Crippen molar-refractivity contribution in [3.8, 4) is 16.9 Å². The fraction of sp³-hybridized carbons (Fsp3) is 0.200. The maximum Gasteiger partial charge on any atom is 0.150 e. The molecule has 0 saturated carbocycles. The van der Waals surface area contributed by atoms with Gasteiger partial charge in [-0.25, -0.2) is 9.97 Å². The Morgan fingerprint density at radius 1 is 1.20 bits per heavy atom. The summed E-state index contributed by atoms with van der Waals surface area (Å²) in [5, 5.41) is 0.514. The molecule has 20 heavy (non-hydrogen) atoms. The lowest BCUT2D eigenvalue weighted by Gasteiger charge is -2.05. The first-order valence-corrected chi connectivity index (χ1v) is 7.53. The number of benzene rings is 1. The summed E-state index contributed by atoms with van der Waals surface area (Å²) in [6.45, 7) is 4.72. The number of halogens is 1. The van der Waals surface area contributed by atoms with Gasteiger partial charge in [0.25, 0.3) is 0 Å². The van der Waals surface area contributed by atoms with E-state index in [9.17, 15) is 0 Å². The van der Waals surface area contributed by atoms with Gasteiger partial charge < -0.3 is 4.74 Å². The summed E-state index contributed by atoms with van der Waals surface area (Å²) in [6.07, 6.45) is 1.51. The van der Waals surface area contributed by atoms with Crippen LogP contribution in [0.25, 0.3) is 21.3 Å². The lowest BCUT2D eigenvalue weighted by atomic mass is 10.1. The quantitative estimate of drug-likeness (QED) is 0.657. The lowest BCUT2D eigenvalue weighted by Crippen LogP contribution is -1.90. The molecule has 3 nitrogen and oxygen atoms in total. The van der Waals surface area contributed by atoms with Gasteiger partial charge in [0.1, 0.15) is 17.2 Å². The zero-order valence-corrected chi connectivity index (χ0v) is 12.8. The van der Waals surface area contributed by atoms with E-state index in [1.54, 1.807) is 11.3 Å². The van der Waals surface area contributed by atoms with E-state index in [0.29, 0.717) is 11.8 Å². The van der Waals surface area contributed by atoms with Gasteiger partial charge in [0.05, 0.1) is 16.8 Å². The number of fused-ring (bicyclic) bond motifs is 1. The molecule has 1 aromatic carbocycles. The van der Waals surface area contributed by atoms with E-state index in [1.165, 1.54) is 11.2 Å². The van der Waals surface area contributed by atoms with E-state index in [1.807, 2.05) is 19.1 Å². The molecule has 0 aliphatic rings. The minimum absolute atomic E-state index is 0.514. The highest BCUT2D eigenvalue weighted by Gasteiger charge is 2.15. The minimum Gasteiger partial charge on any atom is -0.494 e. The molecule has 0 radical (unpaired) electrons. The zero-order valence-electron chi connectivity index (χ0n) is 11.2. The Hall–Kier alpha value is -1.65. The van der Waals surface area contributed by atoms with Crippen LogP contribution in [0.1, 0.15) is 11.8 Å². The van der Waals surface area contributed by atoms with Crippen LogP contribution in [0.4, 0.5) is 0 Å². The van der Waals surface area contributed by atoms with Crippen molar-refractivity contribution in [3.63, 3.8) is 0 Å². The molecule has 3 aromatic rings. The van der Waals surface area contributed by atoms with Gasteiger partial charge in [-0.15, -0.1) is 11.3 Å². The van der Waals surface area contributed by atoms with Crippen LogP contribution in [0.5, 0.6) is 5.75 Å². The third kappa shape index (κ3) is 2.25. The van der Waals surface area contributed by atoms with Crippen molar-refractivity contribution in [2.75, 3.05) is 6.61 Å². The number of ether oxygens (including phenoxy) is 1. The second-order valence-electron chi connectivity index (χ2n) is 4.33. The Bertz CT molecular complexity index is 752. The first kappa shape index (κ1) is 13.3. The van der Waals surface area contributed by atoms with Gasteiger partial charge in [-0.3, -0.25) is 0 Å². The van der Waals surface area contributed by atoms with E-state index in [2.05, 4.69) is 29.0 Å². The van der Waals surface area contributed by atoms with Crippen molar-refractivity contribution < 1.29 is 4.74 Å². The Balaban J connectivity index is 2.14. The summed E-state index contributed by atoms with van der Waals surface area (Å²) in [7, 11) is 0. The average Bonchev–Trinajstić information content (AvgIpc) is 2.78. The van der Waals surface area contributed by atoms with Crippen LogP contribution < -0.4 is 4.74 Å². The van der Waals surface area contributed by atoms with E-state index in [-0.39, 0.29) is 0 Å². The first-order valence-electron chi connectivity index (χ1n) is 6.33. The molecule has 5 heteroatoms. The summed E-state index contributed by atoms with van der Waals surface area (Å²) >= 11 is 7.76. The summed E-state index contributed by atoms with van der Waals surface area (Å²) in [5.74, 6) is 0.876. The number of aromatic nitrogens is 2. The van der Waals surface area contributed by atoms with Gasteiger partial charge in [-0.1, -0.05) is 23.7 Å². The average molecular weight is 305 g/mol. The molecule has 0 saturated heterocycles. The number of aryl methyl sites for hydroxylation is 1. The summed E-state index contributed by atoms with van der Waals surface area (Å²) in [6, 6.07) is 8.06. The standard InChI is InChI=1S/C15H13ClN2OS/c1-3-19-11-6-4-10(5-7-11)12-9(2)20-14-13(12)17-8-18-15(14)16/h4-8H,3H2,1-2H3. The second kappa shape index (κ2) is 5.38. The van der Waals surface area contributed by atoms with Gasteiger partial charge in [-0.05, 0) is 31.5 Å². The Labute approximate surface area is 126 Å². The lowest BCUT2D eigenvalue weighted by molar-refractivity contribution is 0.340. The van der Waals surface area contributed by atoms with Crippen LogP contribution in [0.3, 0.4) is 0 Å². The molecule has 0 unspecified atom stereocenters. The monoisotopic (exact) mass is 304 g/mol. The van der Waals surface area contributed by atoms with Gasteiger partial charge in [0, 0.05) is 10.4 Å². The second-order valence-corrected chi connectivity index (χ2v) is 5.92. The van der Waals surface area contributed by atoms with E-state index >= 15 is 0 Å². The summed E-state index contributed by atoms with van der Waals surface area (Å²) < 4.78 is 6.41. The van der Waals surface area contributed by atoms with Gasteiger partial charge in [-0.2, -0.15) is 0 Å². The molecule has 0 spiro atoms. The number of hydrogen-bond acceptors (Lipinski definition) is 4. The van der Waals surface area contributed by atoms with E-state index in [0.717, 1.165) is 27.1 Å².